The standard InChI is InChI=1S/C25H27N5O2/c1-2-32-17-9-16-29-22-14-7-6-13-20(22)26-25(29)27-24(31)23-19-12-8-15-21(19)30(28-23)18-10-4-3-5-11-18/h3-7,10-11,13-14H,2,8-9,12,15-17H2,1H3,(H,26,27,31). The molecule has 0 unspecified atom stereocenters. The summed E-state index contributed by atoms with van der Waals surface area (Å²) in [4.78, 5) is 18.0. The number of amides is 1. The van der Waals surface area contributed by atoms with Crippen molar-refractivity contribution in [1.82, 2.24) is 19.3 Å². The molecule has 7 heteroatoms. The summed E-state index contributed by atoms with van der Waals surface area (Å²) in [5.41, 5.74) is 5.51. The Morgan fingerprint density at radius 3 is 2.75 bits per heavy atom. The normalized spacial score (nSPS) is 12.9. The third-order valence-corrected chi connectivity index (χ3v) is 5.90. The van der Waals surface area contributed by atoms with Gasteiger partial charge in [-0.3, -0.25) is 10.1 Å². The minimum atomic E-state index is -0.209. The van der Waals surface area contributed by atoms with Gasteiger partial charge in [0, 0.05) is 31.0 Å². The molecule has 0 radical (unpaired) electrons. The van der Waals surface area contributed by atoms with Gasteiger partial charge < -0.3 is 9.30 Å². The molecule has 2 aromatic heterocycles. The largest absolute Gasteiger partial charge is 0.382 e. The SMILES string of the molecule is CCOCCCn1c(NC(=O)c2nn(-c3ccccc3)c3c2CCC3)nc2ccccc21. The number of aryl methyl sites for hydroxylation is 1. The Hall–Kier alpha value is -3.45. The number of fused-ring (bicyclic) bond motifs is 2. The summed E-state index contributed by atoms with van der Waals surface area (Å²) in [5, 5.41) is 7.76. The minimum absolute atomic E-state index is 0.209. The molecule has 1 aliphatic carbocycles. The number of imidazole rings is 1. The van der Waals surface area contributed by atoms with Crippen LogP contribution in [-0.2, 0) is 24.1 Å². The highest BCUT2D eigenvalue weighted by molar-refractivity contribution is 6.04. The van der Waals surface area contributed by atoms with Crippen LogP contribution in [0.5, 0.6) is 0 Å². The molecule has 32 heavy (non-hydrogen) atoms. The van der Waals surface area contributed by atoms with E-state index >= 15 is 0 Å². The zero-order valence-corrected chi connectivity index (χ0v) is 18.3. The first-order valence-corrected chi connectivity index (χ1v) is 11.3. The van der Waals surface area contributed by atoms with Crippen molar-refractivity contribution in [1.29, 1.82) is 0 Å². The molecule has 0 saturated carbocycles. The van der Waals surface area contributed by atoms with Gasteiger partial charge in [0.1, 0.15) is 0 Å². The van der Waals surface area contributed by atoms with Crippen molar-refractivity contribution in [3.63, 3.8) is 0 Å². The highest BCUT2D eigenvalue weighted by Crippen LogP contribution is 2.29. The zero-order chi connectivity index (χ0) is 21.9. The average molecular weight is 430 g/mol. The molecule has 0 fully saturated rings. The smallest absolute Gasteiger partial charge is 0.278 e. The van der Waals surface area contributed by atoms with E-state index < -0.39 is 0 Å². The number of ether oxygens (including phenoxy) is 1. The van der Waals surface area contributed by atoms with E-state index in [9.17, 15) is 4.79 Å². The van der Waals surface area contributed by atoms with Crippen molar-refractivity contribution in [2.24, 2.45) is 0 Å². The van der Waals surface area contributed by atoms with Crippen molar-refractivity contribution in [2.45, 2.75) is 39.2 Å². The van der Waals surface area contributed by atoms with Gasteiger partial charge in [-0.05, 0) is 56.9 Å². The van der Waals surface area contributed by atoms with Crippen molar-refractivity contribution >= 4 is 22.9 Å². The van der Waals surface area contributed by atoms with Crippen molar-refractivity contribution < 1.29 is 9.53 Å². The van der Waals surface area contributed by atoms with E-state index in [2.05, 4.69) is 9.88 Å². The lowest BCUT2D eigenvalue weighted by Crippen LogP contribution is -2.18. The first-order chi connectivity index (χ1) is 15.8. The highest BCUT2D eigenvalue weighted by Gasteiger charge is 2.27. The lowest BCUT2D eigenvalue weighted by Gasteiger charge is -2.10. The second-order valence-electron chi connectivity index (χ2n) is 7.96. The predicted octanol–water partition coefficient (Wildman–Crippen LogP) is 4.39. The summed E-state index contributed by atoms with van der Waals surface area (Å²) in [6.45, 7) is 4.08. The van der Waals surface area contributed by atoms with Crippen LogP contribution >= 0.6 is 0 Å². The fraction of sp³-hybridized carbons (Fsp3) is 0.320. The Labute approximate surface area is 187 Å². The van der Waals surface area contributed by atoms with Crippen LogP contribution in [0.25, 0.3) is 16.7 Å². The van der Waals surface area contributed by atoms with Gasteiger partial charge in [0.05, 0.1) is 16.7 Å². The number of nitrogens with zero attached hydrogens (tertiary/aromatic N) is 4. The number of rotatable bonds is 8. The predicted molar refractivity (Wildman–Crippen MR) is 124 cm³/mol. The summed E-state index contributed by atoms with van der Waals surface area (Å²) in [5.74, 6) is 0.341. The Morgan fingerprint density at radius 1 is 1.09 bits per heavy atom. The van der Waals surface area contributed by atoms with E-state index in [1.54, 1.807) is 0 Å². The molecular formula is C25H27N5O2. The van der Waals surface area contributed by atoms with Crippen LogP contribution < -0.4 is 5.32 Å². The van der Waals surface area contributed by atoms with Gasteiger partial charge in [-0.25, -0.2) is 9.67 Å². The number of nitrogens with one attached hydrogen (secondary N) is 1. The molecule has 0 atom stereocenters. The molecule has 7 nitrogen and oxygen atoms in total. The third-order valence-electron chi connectivity index (χ3n) is 5.90. The molecule has 4 aromatic rings. The lowest BCUT2D eigenvalue weighted by molar-refractivity contribution is 0.101. The number of hydrogen-bond donors (Lipinski definition) is 1. The third kappa shape index (κ3) is 3.80. The summed E-state index contributed by atoms with van der Waals surface area (Å²) < 4.78 is 9.47. The molecule has 0 saturated heterocycles. The second-order valence-corrected chi connectivity index (χ2v) is 7.96. The van der Waals surface area contributed by atoms with Gasteiger partial charge in [0.2, 0.25) is 5.95 Å². The van der Waals surface area contributed by atoms with E-state index in [0.29, 0.717) is 31.4 Å². The number of carbonyl (C=O) groups is 1. The maximum atomic E-state index is 13.4. The van der Waals surface area contributed by atoms with Crippen molar-refractivity contribution in [3.8, 4) is 5.69 Å². The van der Waals surface area contributed by atoms with Gasteiger partial charge in [-0.2, -0.15) is 5.10 Å². The van der Waals surface area contributed by atoms with Gasteiger partial charge in [0.25, 0.3) is 5.91 Å². The monoisotopic (exact) mass is 429 g/mol. The molecule has 2 aromatic carbocycles. The maximum Gasteiger partial charge on any atom is 0.278 e. The Kier molecular flexibility index (Phi) is 5.73. The van der Waals surface area contributed by atoms with Crippen LogP contribution in [0.4, 0.5) is 5.95 Å². The summed E-state index contributed by atoms with van der Waals surface area (Å²) >= 11 is 0. The Balaban J connectivity index is 1.46. The quantitative estimate of drug-likeness (QED) is 0.422. The van der Waals surface area contributed by atoms with E-state index in [1.165, 1.54) is 0 Å². The first-order valence-electron chi connectivity index (χ1n) is 11.3. The van der Waals surface area contributed by atoms with E-state index in [-0.39, 0.29) is 5.91 Å². The van der Waals surface area contributed by atoms with Crippen molar-refractivity contribution in [2.75, 3.05) is 18.5 Å². The first kappa shape index (κ1) is 20.5. The van der Waals surface area contributed by atoms with Crippen LogP contribution in [0.15, 0.2) is 54.6 Å². The van der Waals surface area contributed by atoms with Gasteiger partial charge >= 0.3 is 0 Å². The maximum absolute atomic E-state index is 13.4. The molecule has 0 spiro atoms. The second kappa shape index (κ2) is 8.96. The Morgan fingerprint density at radius 2 is 1.91 bits per heavy atom. The number of anilines is 1. The van der Waals surface area contributed by atoms with Crippen LogP contribution in [-0.4, -0.2) is 38.5 Å². The minimum Gasteiger partial charge on any atom is -0.382 e. The topological polar surface area (TPSA) is 74.0 Å². The van der Waals surface area contributed by atoms with E-state index in [0.717, 1.165) is 53.7 Å². The van der Waals surface area contributed by atoms with Crippen LogP contribution in [0.1, 0.15) is 41.5 Å². The molecule has 1 amide bonds. The number of benzene rings is 2. The Bertz CT molecular complexity index is 1240. The van der Waals surface area contributed by atoms with Crippen molar-refractivity contribution in [3.05, 3.63) is 71.5 Å². The molecule has 0 bridgehead atoms. The lowest BCUT2D eigenvalue weighted by atomic mass is 10.2. The van der Waals surface area contributed by atoms with Crippen LogP contribution in [0, 0.1) is 0 Å². The van der Waals surface area contributed by atoms with Gasteiger partial charge in [0.15, 0.2) is 5.69 Å². The van der Waals surface area contributed by atoms with Crippen LogP contribution in [0.2, 0.25) is 0 Å². The van der Waals surface area contributed by atoms with E-state index in [4.69, 9.17) is 14.8 Å². The van der Waals surface area contributed by atoms with E-state index in [1.807, 2.05) is 66.2 Å². The number of hydrogen-bond acceptors (Lipinski definition) is 4. The van der Waals surface area contributed by atoms with Crippen LogP contribution in [0.3, 0.4) is 0 Å². The summed E-state index contributed by atoms with van der Waals surface area (Å²) in [6.07, 6.45) is 3.68. The molecule has 1 N–H and O–H groups in total. The fourth-order valence-corrected chi connectivity index (χ4v) is 4.43. The molecule has 5 rings (SSSR count). The van der Waals surface area contributed by atoms with Gasteiger partial charge in [-0.1, -0.05) is 30.3 Å². The molecule has 2 heterocycles. The fourth-order valence-electron chi connectivity index (χ4n) is 4.43. The molecule has 1 aliphatic rings. The number of para-hydroxylation sites is 3. The summed E-state index contributed by atoms with van der Waals surface area (Å²) in [7, 11) is 0. The molecular weight excluding hydrogens is 402 g/mol. The average Bonchev–Trinajstić information content (AvgIpc) is 3.51. The molecule has 164 valence electrons. The molecule has 0 aliphatic heterocycles. The zero-order valence-electron chi connectivity index (χ0n) is 18.3. The number of aromatic nitrogens is 4. The van der Waals surface area contributed by atoms with Gasteiger partial charge in [-0.15, -0.1) is 0 Å². The highest BCUT2D eigenvalue weighted by atomic mass is 16.5. The summed E-state index contributed by atoms with van der Waals surface area (Å²) in [6, 6.07) is 17.9. The number of carbonyl (C=O) groups excluding carboxylic acids is 1.